The summed E-state index contributed by atoms with van der Waals surface area (Å²) in [5.41, 5.74) is 5.01. The molecule has 2 heterocycles. The minimum absolute atomic E-state index is 0.0225. The quantitative estimate of drug-likeness (QED) is 0.417. The Kier molecular flexibility index (Phi) is 8.00. The lowest BCUT2D eigenvalue weighted by atomic mass is 9.89. The van der Waals surface area contributed by atoms with Crippen LogP contribution in [0.5, 0.6) is 5.75 Å². The van der Waals surface area contributed by atoms with Gasteiger partial charge in [-0.05, 0) is 79.8 Å². The number of anilines is 1. The molecule has 34 heavy (non-hydrogen) atoms. The summed E-state index contributed by atoms with van der Waals surface area (Å²) >= 11 is 6.05. The van der Waals surface area contributed by atoms with Crippen LogP contribution in [-0.4, -0.2) is 43.1 Å². The number of rotatable bonds is 8. The number of carbonyl (C=O) groups is 1. The van der Waals surface area contributed by atoms with E-state index in [0.29, 0.717) is 12.5 Å². The van der Waals surface area contributed by atoms with Gasteiger partial charge in [-0.1, -0.05) is 50.6 Å². The molecule has 0 bridgehead atoms. The number of hydrogen-bond acceptors (Lipinski definition) is 3. The molecular weight excluding hydrogens is 444 g/mol. The number of nitrogens with zero attached hydrogens (tertiary/aromatic N) is 2. The summed E-state index contributed by atoms with van der Waals surface area (Å²) in [5.74, 6) is 1.41. The fraction of sp³-hybridized carbons (Fsp3) is 0.483. The van der Waals surface area contributed by atoms with Gasteiger partial charge < -0.3 is 9.64 Å². The standard InChI is InChI=1S/C29H37ClN2O2/c1-5-27-25(15-18-31-16-13-22(14-17-31)21-7-9-23(30)10-8-21)26-19-24(34-6-2)11-12-28(26)32(27)29(33)20(3)4/h7-13,19-20,25,27H,5-6,14-18H2,1-4H3. The van der Waals surface area contributed by atoms with Crippen molar-refractivity contribution < 1.29 is 9.53 Å². The van der Waals surface area contributed by atoms with Crippen molar-refractivity contribution >= 4 is 28.8 Å². The van der Waals surface area contributed by atoms with E-state index in [1.807, 2.05) is 39.0 Å². The minimum atomic E-state index is -0.0225. The molecule has 2 aliphatic rings. The van der Waals surface area contributed by atoms with Crippen molar-refractivity contribution in [3.8, 4) is 5.75 Å². The fourth-order valence-electron chi connectivity index (χ4n) is 5.41. The molecule has 182 valence electrons. The Balaban J connectivity index is 1.50. The summed E-state index contributed by atoms with van der Waals surface area (Å²) in [7, 11) is 0. The zero-order chi connectivity index (χ0) is 24.2. The highest BCUT2D eigenvalue weighted by atomic mass is 35.5. The predicted molar refractivity (Wildman–Crippen MR) is 142 cm³/mol. The van der Waals surface area contributed by atoms with E-state index in [1.54, 1.807) is 0 Å². The van der Waals surface area contributed by atoms with Crippen molar-refractivity contribution in [3.63, 3.8) is 0 Å². The fourth-order valence-corrected chi connectivity index (χ4v) is 5.53. The average Bonchev–Trinajstić information content (AvgIpc) is 3.15. The number of carbonyl (C=O) groups excluding carboxylic acids is 1. The maximum absolute atomic E-state index is 13.2. The third-order valence-electron chi connectivity index (χ3n) is 7.18. The molecule has 4 rings (SSSR count). The zero-order valence-corrected chi connectivity index (χ0v) is 21.6. The lowest BCUT2D eigenvalue weighted by Crippen LogP contribution is -2.42. The first-order chi connectivity index (χ1) is 16.4. The number of benzene rings is 2. The molecule has 0 fully saturated rings. The van der Waals surface area contributed by atoms with Crippen LogP contribution in [0, 0.1) is 5.92 Å². The number of hydrogen-bond donors (Lipinski definition) is 0. The van der Waals surface area contributed by atoms with E-state index < -0.39 is 0 Å². The van der Waals surface area contributed by atoms with Gasteiger partial charge in [-0.3, -0.25) is 9.69 Å². The maximum Gasteiger partial charge on any atom is 0.229 e. The van der Waals surface area contributed by atoms with Gasteiger partial charge in [0.25, 0.3) is 0 Å². The van der Waals surface area contributed by atoms with Crippen LogP contribution in [-0.2, 0) is 4.79 Å². The molecule has 5 heteroatoms. The van der Waals surface area contributed by atoms with Gasteiger partial charge in [0.15, 0.2) is 0 Å². The van der Waals surface area contributed by atoms with Gasteiger partial charge >= 0.3 is 0 Å². The lowest BCUT2D eigenvalue weighted by Gasteiger charge is -2.31. The van der Waals surface area contributed by atoms with Gasteiger partial charge in [-0.25, -0.2) is 0 Å². The van der Waals surface area contributed by atoms with Gasteiger partial charge in [0.05, 0.1) is 6.61 Å². The normalized spacial score (nSPS) is 20.4. The molecule has 0 saturated carbocycles. The first-order valence-corrected chi connectivity index (χ1v) is 13.1. The molecule has 1 amide bonds. The predicted octanol–water partition coefficient (Wildman–Crippen LogP) is 6.78. The van der Waals surface area contributed by atoms with Crippen molar-refractivity contribution in [1.29, 1.82) is 0 Å². The third kappa shape index (κ3) is 5.18. The minimum Gasteiger partial charge on any atom is -0.494 e. The van der Waals surface area contributed by atoms with Gasteiger partial charge in [0.1, 0.15) is 5.75 Å². The first kappa shape index (κ1) is 24.8. The Labute approximate surface area is 209 Å². The second kappa shape index (κ2) is 11.0. The van der Waals surface area contributed by atoms with E-state index in [1.165, 1.54) is 16.7 Å². The van der Waals surface area contributed by atoms with Crippen molar-refractivity contribution in [2.24, 2.45) is 5.92 Å². The molecule has 0 aromatic heterocycles. The van der Waals surface area contributed by atoms with Crippen LogP contribution in [0.1, 0.15) is 64.0 Å². The van der Waals surface area contributed by atoms with Gasteiger partial charge in [-0.2, -0.15) is 0 Å². The summed E-state index contributed by atoms with van der Waals surface area (Å²) < 4.78 is 5.82. The zero-order valence-electron chi connectivity index (χ0n) is 20.9. The molecule has 0 saturated heterocycles. The number of ether oxygens (including phenoxy) is 1. The molecule has 2 unspecified atom stereocenters. The Bertz CT molecular complexity index is 1030. The SMILES string of the molecule is CCOc1ccc2c(c1)C(CCN1CC=C(c3ccc(Cl)cc3)CC1)C(CC)N2C(=O)C(C)C. The molecule has 0 spiro atoms. The Morgan fingerprint density at radius 2 is 1.91 bits per heavy atom. The highest BCUT2D eigenvalue weighted by Gasteiger charge is 2.41. The summed E-state index contributed by atoms with van der Waals surface area (Å²) in [6.07, 6.45) is 5.39. The van der Waals surface area contributed by atoms with Crippen LogP contribution < -0.4 is 9.64 Å². The largest absolute Gasteiger partial charge is 0.494 e. The third-order valence-corrected chi connectivity index (χ3v) is 7.43. The molecule has 0 radical (unpaired) electrons. The van der Waals surface area contributed by atoms with Crippen LogP contribution in [0.3, 0.4) is 0 Å². The van der Waals surface area contributed by atoms with Crippen LogP contribution in [0.25, 0.3) is 5.57 Å². The van der Waals surface area contributed by atoms with E-state index in [2.05, 4.69) is 47.1 Å². The van der Waals surface area contributed by atoms with Crippen LogP contribution in [0.15, 0.2) is 48.5 Å². The molecular formula is C29H37ClN2O2. The maximum atomic E-state index is 13.2. The summed E-state index contributed by atoms with van der Waals surface area (Å²) in [5, 5.41) is 0.779. The van der Waals surface area contributed by atoms with Crippen molar-refractivity contribution in [2.45, 2.75) is 58.9 Å². The van der Waals surface area contributed by atoms with E-state index >= 15 is 0 Å². The van der Waals surface area contributed by atoms with Gasteiger partial charge in [0.2, 0.25) is 5.91 Å². The van der Waals surface area contributed by atoms with Crippen molar-refractivity contribution in [2.75, 3.05) is 31.1 Å². The highest BCUT2D eigenvalue weighted by Crippen LogP contribution is 2.46. The van der Waals surface area contributed by atoms with Crippen molar-refractivity contribution in [1.82, 2.24) is 4.90 Å². The van der Waals surface area contributed by atoms with E-state index in [9.17, 15) is 4.79 Å². The smallest absolute Gasteiger partial charge is 0.229 e. The number of fused-ring (bicyclic) bond motifs is 1. The van der Waals surface area contributed by atoms with Gasteiger partial charge in [0, 0.05) is 41.7 Å². The Hall–Kier alpha value is -2.30. The van der Waals surface area contributed by atoms with E-state index in [0.717, 1.165) is 55.4 Å². The van der Waals surface area contributed by atoms with Crippen LogP contribution in [0.2, 0.25) is 5.02 Å². The second-order valence-corrected chi connectivity index (χ2v) is 10.1. The Morgan fingerprint density at radius 1 is 1.15 bits per heavy atom. The molecule has 2 atom stereocenters. The molecule has 0 aliphatic carbocycles. The topological polar surface area (TPSA) is 32.8 Å². The van der Waals surface area contributed by atoms with Crippen LogP contribution in [0.4, 0.5) is 5.69 Å². The van der Waals surface area contributed by atoms with Crippen LogP contribution >= 0.6 is 11.6 Å². The monoisotopic (exact) mass is 480 g/mol. The highest BCUT2D eigenvalue weighted by molar-refractivity contribution is 6.30. The summed E-state index contributed by atoms with van der Waals surface area (Å²) in [6.45, 7) is 11.9. The molecule has 2 aliphatic heterocycles. The summed E-state index contributed by atoms with van der Waals surface area (Å²) in [6, 6.07) is 14.6. The average molecular weight is 481 g/mol. The van der Waals surface area contributed by atoms with E-state index in [-0.39, 0.29) is 17.9 Å². The van der Waals surface area contributed by atoms with Crippen molar-refractivity contribution in [3.05, 3.63) is 64.7 Å². The molecule has 0 N–H and O–H groups in total. The molecule has 2 aromatic rings. The first-order valence-electron chi connectivity index (χ1n) is 12.7. The van der Waals surface area contributed by atoms with E-state index in [4.69, 9.17) is 16.3 Å². The number of halogens is 1. The Morgan fingerprint density at radius 3 is 2.53 bits per heavy atom. The van der Waals surface area contributed by atoms with Gasteiger partial charge in [-0.15, -0.1) is 0 Å². The molecule has 2 aromatic carbocycles. The second-order valence-electron chi connectivity index (χ2n) is 9.67. The summed E-state index contributed by atoms with van der Waals surface area (Å²) in [4.78, 5) is 17.8. The number of amides is 1. The molecule has 4 nitrogen and oxygen atoms in total. The lowest BCUT2D eigenvalue weighted by molar-refractivity contribution is -0.121.